The van der Waals surface area contributed by atoms with Crippen LogP contribution in [0, 0.1) is 5.41 Å². The topological polar surface area (TPSA) is 58.0 Å². The highest BCUT2D eigenvalue weighted by Crippen LogP contribution is 2.27. The number of aliphatic hydroxyl groups excluding tert-OH is 1. The summed E-state index contributed by atoms with van der Waals surface area (Å²) in [6.07, 6.45) is 2.68. The highest BCUT2D eigenvalue weighted by molar-refractivity contribution is 7.05. The zero-order valence-corrected chi connectivity index (χ0v) is 7.47. The monoisotopic (exact) mass is 185 g/mol. The number of aliphatic hydroxyl groups is 1. The Balaban J connectivity index is 2.01. The second kappa shape index (κ2) is 3.08. The van der Waals surface area contributed by atoms with Gasteiger partial charge in [-0.3, -0.25) is 0 Å². The molecule has 1 aromatic rings. The van der Waals surface area contributed by atoms with E-state index >= 15 is 0 Å². The van der Waals surface area contributed by atoms with E-state index in [-0.39, 0.29) is 12.0 Å². The minimum Gasteiger partial charge on any atom is -0.396 e. The molecule has 12 heavy (non-hydrogen) atoms. The van der Waals surface area contributed by atoms with Gasteiger partial charge in [-0.15, -0.1) is 5.10 Å². The molecule has 0 atom stereocenters. The minimum absolute atomic E-state index is 0.0637. The lowest BCUT2D eigenvalue weighted by molar-refractivity contribution is 0.0695. The van der Waals surface area contributed by atoms with Gasteiger partial charge >= 0.3 is 0 Å². The molecular formula is C7H11N3OS. The molecule has 1 aromatic heterocycles. The predicted molar refractivity (Wildman–Crippen MR) is 46.0 cm³/mol. The van der Waals surface area contributed by atoms with Gasteiger partial charge < -0.3 is 10.4 Å². The van der Waals surface area contributed by atoms with Gasteiger partial charge in [-0.1, -0.05) is 4.49 Å². The summed E-state index contributed by atoms with van der Waals surface area (Å²) in [5, 5.41) is 16.1. The Morgan fingerprint density at radius 1 is 1.67 bits per heavy atom. The van der Waals surface area contributed by atoms with Crippen molar-refractivity contribution < 1.29 is 5.11 Å². The molecule has 0 spiro atoms. The van der Waals surface area contributed by atoms with Crippen molar-refractivity contribution in [3.8, 4) is 0 Å². The van der Waals surface area contributed by atoms with E-state index in [1.165, 1.54) is 11.5 Å². The van der Waals surface area contributed by atoms with Crippen molar-refractivity contribution in [1.82, 2.24) is 14.9 Å². The van der Waals surface area contributed by atoms with Crippen LogP contribution in [0.25, 0.3) is 0 Å². The molecule has 0 amide bonds. The smallest absolute Gasteiger partial charge is 0.0653 e. The average Bonchev–Trinajstić information content (AvgIpc) is 2.49. The van der Waals surface area contributed by atoms with Crippen molar-refractivity contribution in [2.24, 2.45) is 5.41 Å². The number of nitrogens with zero attached hydrogens (tertiary/aromatic N) is 2. The zero-order chi connectivity index (χ0) is 8.44. The van der Waals surface area contributed by atoms with Gasteiger partial charge in [0, 0.05) is 23.4 Å². The fraction of sp³-hybridized carbons (Fsp3) is 0.714. The summed E-state index contributed by atoms with van der Waals surface area (Å²) in [5.41, 5.74) is 0.0637. The third kappa shape index (κ3) is 1.35. The second-order valence-corrected chi connectivity index (χ2v) is 4.19. The summed E-state index contributed by atoms with van der Waals surface area (Å²) in [6.45, 7) is 2.06. The van der Waals surface area contributed by atoms with Gasteiger partial charge in [-0.05, 0) is 18.0 Å². The Morgan fingerprint density at radius 2 is 2.50 bits per heavy atom. The van der Waals surface area contributed by atoms with Gasteiger partial charge in [-0.2, -0.15) is 0 Å². The third-order valence-corrected chi connectivity index (χ3v) is 2.95. The molecule has 1 fully saturated rings. The van der Waals surface area contributed by atoms with Crippen LogP contribution in [-0.4, -0.2) is 34.4 Å². The molecule has 66 valence electrons. The van der Waals surface area contributed by atoms with Crippen molar-refractivity contribution in [1.29, 1.82) is 0 Å². The van der Waals surface area contributed by atoms with Crippen LogP contribution in [0.5, 0.6) is 0 Å². The van der Waals surface area contributed by atoms with Gasteiger partial charge in [0.15, 0.2) is 0 Å². The highest BCUT2D eigenvalue weighted by Gasteiger charge is 2.36. The molecule has 2 rings (SSSR count). The molecule has 0 saturated carbocycles. The lowest BCUT2D eigenvalue weighted by Crippen LogP contribution is -2.56. The second-order valence-electron chi connectivity index (χ2n) is 3.32. The van der Waals surface area contributed by atoms with Crippen molar-refractivity contribution in [2.45, 2.75) is 6.42 Å². The quantitative estimate of drug-likeness (QED) is 0.676. The van der Waals surface area contributed by atoms with Crippen LogP contribution in [0.1, 0.15) is 4.88 Å². The summed E-state index contributed by atoms with van der Waals surface area (Å²) in [4.78, 5) is 1.16. The molecule has 1 aliphatic heterocycles. The highest BCUT2D eigenvalue weighted by atomic mass is 32.1. The first-order valence-corrected chi connectivity index (χ1v) is 4.70. The summed E-state index contributed by atoms with van der Waals surface area (Å²) in [5.74, 6) is 0. The third-order valence-electron chi connectivity index (χ3n) is 2.29. The fourth-order valence-corrected chi connectivity index (χ4v) is 2.07. The molecule has 5 heteroatoms. The van der Waals surface area contributed by atoms with Gasteiger partial charge in [0.25, 0.3) is 0 Å². The number of aromatic nitrogens is 2. The summed E-state index contributed by atoms with van der Waals surface area (Å²) in [7, 11) is 0. The molecule has 1 aliphatic rings. The normalized spacial score (nSPS) is 20.4. The van der Waals surface area contributed by atoms with Crippen LogP contribution in [-0.2, 0) is 6.42 Å². The number of rotatable bonds is 3. The molecule has 0 unspecified atom stereocenters. The average molecular weight is 185 g/mol. The first kappa shape index (κ1) is 8.10. The Morgan fingerprint density at radius 3 is 2.92 bits per heavy atom. The number of hydrogen-bond acceptors (Lipinski definition) is 5. The molecule has 0 aliphatic carbocycles. The lowest BCUT2D eigenvalue weighted by Gasteiger charge is -2.40. The number of nitrogens with one attached hydrogen (secondary N) is 1. The molecule has 0 aromatic carbocycles. The lowest BCUT2D eigenvalue weighted by atomic mass is 9.79. The van der Waals surface area contributed by atoms with E-state index in [1.54, 1.807) is 6.20 Å². The van der Waals surface area contributed by atoms with Crippen LogP contribution < -0.4 is 5.32 Å². The van der Waals surface area contributed by atoms with Gasteiger partial charge in [0.1, 0.15) is 0 Å². The first-order valence-electron chi connectivity index (χ1n) is 3.92. The van der Waals surface area contributed by atoms with Crippen LogP contribution >= 0.6 is 11.5 Å². The SMILES string of the molecule is OCC1(Cc2cnns2)CNC1. The van der Waals surface area contributed by atoms with E-state index in [1.807, 2.05) is 0 Å². The minimum atomic E-state index is 0.0637. The van der Waals surface area contributed by atoms with Crippen molar-refractivity contribution in [2.75, 3.05) is 19.7 Å². The van der Waals surface area contributed by atoms with Crippen LogP contribution in [0.3, 0.4) is 0 Å². The summed E-state index contributed by atoms with van der Waals surface area (Å²) in [6, 6.07) is 0. The van der Waals surface area contributed by atoms with E-state index in [0.717, 1.165) is 24.4 Å². The van der Waals surface area contributed by atoms with Gasteiger partial charge in [0.05, 0.1) is 12.8 Å². The maximum absolute atomic E-state index is 9.16. The fourth-order valence-electron chi connectivity index (χ4n) is 1.41. The van der Waals surface area contributed by atoms with E-state index in [0.29, 0.717) is 0 Å². The van der Waals surface area contributed by atoms with Gasteiger partial charge in [-0.25, -0.2) is 0 Å². The molecule has 2 N–H and O–H groups in total. The zero-order valence-electron chi connectivity index (χ0n) is 6.66. The molecule has 0 radical (unpaired) electrons. The van der Waals surface area contributed by atoms with Crippen LogP contribution in [0.2, 0.25) is 0 Å². The first-order chi connectivity index (χ1) is 5.85. The maximum atomic E-state index is 9.16. The van der Waals surface area contributed by atoms with Crippen molar-refractivity contribution >= 4 is 11.5 Å². The largest absolute Gasteiger partial charge is 0.396 e. The Bertz CT molecular complexity index is 240. The molecule has 0 bridgehead atoms. The Kier molecular flexibility index (Phi) is 2.08. The molecule has 2 heterocycles. The Labute approximate surface area is 74.8 Å². The van der Waals surface area contributed by atoms with E-state index in [2.05, 4.69) is 14.9 Å². The van der Waals surface area contributed by atoms with E-state index < -0.39 is 0 Å². The standard InChI is InChI=1S/C7H11N3OS/c11-5-7(3-8-4-7)1-6-2-9-10-12-6/h2,8,11H,1,3-5H2. The van der Waals surface area contributed by atoms with E-state index in [9.17, 15) is 0 Å². The molecule has 1 saturated heterocycles. The maximum Gasteiger partial charge on any atom is 0.0653 e. The summed E-state index contributed by atoms with van der Waals surface area (Å²) >= 11 is 1.41. The van der Waals surface area contributed by atoms with Gasteiger partial charge in [0.2, 0.25) is 0 Å². The van der Waals surface area contributed by atoms with Crippen LogP contribution in [0.15, 0.2) is 6.20 Å². The Hall–Kier alpha value is -0.520. The number of hydrogen-bond donors (Lipinski definition) is 2. The molecule has 4 nitrogen and oxygen atoms in total. The molecular weight excluding hydrogens is 174 g/mol. The van der Waals surface area contributed by atoms with Crippen molar-refractivity contribution in [3.05, 3.63) is 11.1 Å². The van der Waals surface area contributed by atoms with Crippen LogP contribution in [0.4, 0.5) is 0 Å². The summed E-state index contributed by atoms with van der Waals surface area (Å²) < 4.78 is 3.79. The van der Waals surface area contributed by atoms with Crippen molar-refractivity contribution in [3.63, 3.8) is 0 Å². The van der Waals surface area contributed by atoms with E-state index in [4.69, 9.17) is 5.11 Å². The predicted octanol–water partition coefficient (Wildman–Crippen LogP) is -0.338.